The van der Waals surface area contributed by atoms with E-state index in [4.69, 9.17) is 4.74 Å². The molecule has 0 amide bonds. The van der Waals surface area contributed by atoms with Crippen LogP contribution in [-0.4, -0.2) is 19.0 Å². The first kappa shape index (κ1) is 11.3. The van der Waals surface area contributed by atoms with Crippen LogP contribution < -0.4 is 0 Å². The lowest BCUT2D eigenvalue weighted by molar-refractivity contribution is -0.130. The Labute approximate surface area is 96.6 Å². The van der Waals surface area contributed by atoms with Crippen LogP contribution >= 0.6 is 0 Å². The third kappa shape index (κ3) is 2.50. The van der Waals surface area contributed by atoms with Crippen molar-refractivity contribution in [3.63, 3.8) is 0 Å². The Balaban J connectivity index is 2.08. The van der Waals surface area contributed by atoms with Gasteiger partial charge in [-0.05, 0) is 37.0 Å². The van der Waals surface area contributed by atoms with E-state index in [1.165, 1.54) is 16.7 Å². The van der Waals surface area contributed by atoms with Crippen LogP contribution in [0.15, 0.2) is 18.2 Å². The number of rotatable bonds is 2. The molecule has 1 heterocycles. The normalized spacial score (nSPS) is 21.1. The van der Waals surface area contributed by atoms with E-state index < -0.39 is 0 Å². The maximum atomic E-state index is 11.7. The number of ether oxygens (including phenoxy) is 1. The van der Waals surface area contributed by atoms with Crippen molar-refractivity contribution in [1.29, 1.82) is 0 Å². The lowest BCUT2D eigenvalue weighted by Gasteiger charge is -2.21. The first-order valence-electron chi connectivity index (χ1n) is 5.83. The molecule has 0 aromatic heterocycles. The van der Waals surface area contributed by atoms with E-state index in [0.717, 1.165) is 6.42 Å². The van der Waals surface area contributed by atoms with Crippen LogP contribution in [-0.2, 0) is 16.0 Å². The standard InChI is InChI=1S/C14H18O2/c1-10-3-4-12(7-11(10)2)8-13-9-16-6-5-14(13)15/h3-4,7,13H,5-6,8-9H2,1-2H3. The van der Waals surface area contributed by atoms with Gasteiger partial charge >= 0.3 is 0 Å². The molecule has 0 spiro atoms. The van der Waals surface area contributed by atoms with Crippen molar-refractivity contribution >= 4 is 5.78 Å². The smallest absolute Gasteiger partial charge is 0.140 e. The number of carbonyl (C=O) groups excluding carboxylic acids is 1. The Kier molecular flexibility index (Phi) is 3.39. The number of Topliss-reactive ketones (excluding diaryl/α,β-unsaturated/α-hetero) is 1. The van der Waals surface area contributed by atoms with Gasteiger partial charge < -0.3 is 4.74 Å². The van der Waals surface area contributed by atoms with Gasteiger partial charge in [0.05, 0.1) is 13.2 Å². The van der Waals surface area contributed by atoms with Crippen LogP contribution in [0.5, 0.6) is 0 Å². The lowest BCUT2D eigenvalue weighted by atomic mass is 9.92. The fraction of sp³-hybridized carbons (Fsp3) is 0.500. The molecule has 86 valence electrons. The van der Waals surface area contributed by atoms with Gasteiger partial charge in [-0.25, -0.2) is 0 Å². The minimum Gasteiger partial charge on any atom is -0.380 e. The molecule has 1 aliphatic heterocycles. The van der Waals surface area contributed by atoms with Gasteiger partial charge in [-0.3, -0.25) is 4.79 Å². The number of carbonyl (C=O) groups is 1. The largest absolute Gasteiger partial charge is 0.380 e. The number of hydrogen-bond donors (Lipinski definition) is 0. The van der Waals surface area contributed by atoms with Crippen LogP contribution in [0.4, 0.5) is 0 Å². The van der Waals surface area contributed by atoms with Gasteiger partial charge in [0, 0.05) is 12.3 Å². The summed E-state index contributed by atoms with van der Waals surface area (Å²) < 4.78 is 5.36. The first-order chi connectivity index (χ1) is 7.66. The highest BCUT2D eigenvalue weighted by Gasteiger charge is 2.22. The van der Waals surface area contributed by atoms with Crippen LogP contribution in [0, 0.1) is 19.8 Å². The van der Waals surface area contributed by atoms with Gasteiger partial charge in [-0.2, -0.15) is 0 Å². The van der Waals surface area contributed by atoms with Crippen molar-refractivity contribution in [2.75, 3.05) is 13.2 Å². The molecule has 2 heteroatoms. The third-order valence-corrected chi connectivity index (χ3v) is 3.32. The second-order valence-electron chi connectivity index (χ2n) is 4.61. The Morgan fingerprint density at radius 1 is 1.31 bits per heavy atom. The summed E-state index contributed by atoms with van der Waals surface area (Å²) >= 11 is 0. The SMILES string of the molecule is Cc1ccc(CC2COCCC2=O)cc1C. The summed E-state index contributed by atoms with van der Waals surface area (Å²) in [6, 6.07) is 6.42. The summed E-state index contributed by atoms with van der Waals surface area (Å²) in [6.07, 6.45) is 1.40. The topological polar surface area (TPSA) is 26.3 Å². The van der Waals surface area contributed by atoms with E-state index >= 15 is 0 Å². The molecule has 1 unspecified atom stereocenters. The lowest BCUT2D eigenvalue weighted by Crippen LogP contribution is -2.29. The van der Waals surface area contributed by atoms with Crippen molar-refractivity contribution < 1.29 is 9.53 Å². The molecule has 1 fully saturated rings. The summed E-state index contributed by atoms with van der Waals surface area (Å²) in [5, 5.41) is 0. The molecule has 0 radical (unpaired) electrons. The van der Waals surface area contributed by atoms with E-state index in [1.54, 1.807) is 0 Å². The second-order valence-corrected chi connectivity index (χ2v) is 4.61. The van der Waals surface area contributed by atoms with Gasteiger partial charge in [-0.15, -0.1) is 0 Å². The van der Waals surface area contributed by atoms with E-state index in [-0.39, 0.29) is 5.92 Å². The Morgan fingerprint density at radius 2 is 2.12 bits per heavy atom. The zero-order valence-corrected chi connectivity index (χ0v) is 9.95. The molecule has 0 N–H and O–H groups in total. The molecule has 1 saturated heterocycles. The van der Waals surface area contributed by atoms with Gasteiger partial charge in [0.1, 0.15) is 5.78 Å². The highest BCUT2D eigenvalue weighted by molar-refractivity contribution is 5.82. The molecular formula is C14H18O2. The molecule has 1 aromatic rings. The van der Waals surface area contributed by atoms with E-state index in [2.05, 4.69) is 32.0 Å². The molecule has 2 nitrogen and oxygen atoms in total. The predicted molar refractivity (Wildman–Crippen MR) is 63.6 cm³/mol. The van der Waals surface area contributed by atoms with Crippen LogP contribution in [0.3, 0.4) is 0 Å². The fourth-order valence-corrected chi connectivity index (χ4v) is 2.08. The summed E-state index contributed by atoms with van der Waals surface area (Å²) in [5.74, 6) is 0.417. The molecule has 0 bridgehead atoms. The van der Waals surface area contributed by atoms with Crippen LogP contribution in [0.25, 0.3) is 0 Å². The molecular weight excluding hydrogens is 200 g/mol. The van der Waals surface area contributed by atoms with Crippen molar-refractivity contribution in [3.05, 3.63) is 34.9 Å². The quantitative estimate of drug-likeness (QED) is 0.762. The van der Waals surface area contributed by atoms with Gasteiger partial charge in [0.2, 0.25) is 0 Å². The van der Waals surface area contributed by atoms with Crippen molar-refractivity contribution in [2.45, 2.75) is 26.7 Å². The summed E-state index contributed by atoms with van der Waals surface area (Å²) in [7, 11) is 0. The summed E-state index contributed by atoms with van der Waals surface area (Å²) in [5.41, 5.74) is 3.84. The van der Waals surface area contributed by atoms with Crippen molar-refractivity contribution in [3.8, 4) is 0 Å². The van der Waals surface area contributed by atoms with Crippen LogP contribution in [0.1, 0.15) is 23.1 Å². The average molecular weight is 218 g/mol. The van der Waals surface area contributed by atoms with Crippen molar-refractivity contribution in [2.24, 2.45) is 5.92 Å². The number of hydrogen-bond acceptors (Lipinski definition) is 2. The minimum absolute atomic E-state index is 0.0656. The molecule has 0 aliphatic carbocycles. The highest BCUT2D eigenvalue weighted by atomic mass is 16.5. The van der Waals surface area contributed by atoms with Crippen LogP contribution in [0.2, 0.25) is 0 Å². The first-order valence-corrected chi connectivity index (χ1v) is 5.83. The minimum atomic E-state index is 0.0656. The second kappa shape index (κ2) is 4.79. The van der Waals surface area contributed by atoms with E-state index in [0.29, 0.717) is 25.4 Å². The fourth-order valence-electron chi connectivity index (χ4n) is 2.08. The summed E-state index contributed by atoms with van der Waals surface area (Å²) in [4.78, 5) is 11.7. The molecule has 0 saturated carbocycles. The number of aryl methyl sites for hydroxylation is 2. The monoisotopic (exact) mass is 218 g/mol. The maximum absolute atomic E-state index is 11.7. The maximum Gasteiger partial charge on any atom is 0.140 e. The van der Waals surface area contributed by atoms with Gasteiger partial charge in [0.15, 0.2) is 0 Å². The van der Waals surface area contributed by atoms with E-state index in [9.17, 15) is 4.79 Å². The Bertz CT molecular complexity index is 396. The molecule has 2 rings (SSSR count). The Hall–Kier alpha value is -1.15. The van der Waals surface area contributed by atoms with Crippen molar-refractivity contribution in [1.82, 2.24) is 0 Å². The third-order valence-electron chi connectivity index (χ3n) is 3.32. The molecule has 1 aliphatic rings. The van der Waals surface area contributed by atoms with Gasteiger partial charge in [-0.1, -0.05) is 18.2 Å². The number of benzene rings is 1. The Morgan fingerprint density at radius 3 is 2.81 bits per heavy atom. The van der Waals surface area contributed by atoms with E-state index in [1.807, 2.05) is 0 Å². The summed E-state index contributed by atoms with van der Waals surface area (Å²) in [6.45, 7) is 5.40. The number of ketones is 1. The molecule has 16 heavy (non-hydrogen) atoms. The predicted octanol–water partition coefficient (Wildman–Crippen LogP) is 2.45. The zero-order valence-electron chi connectivity index (χ0n) is 9.95. The highest BCUT2D eigenvalue weighted by Crippen LogP contribution is 2.18. The molecule has 1 aromatic carbocycles. The molecule has 1 atom stereocenters. The van der Waals surface area contributed by atoms with Gasteiger partial charge in [0.25, 0.3) is 0 Å². The average Bonchev–Trinajstić information content (AvgIpc) is 2.27. The zero-order chi connectivity index (χ0) is 11.5.